The second-order valence-corrected chi connectivity index (χ2v) is 12.8. The summed E-state index contributed by atoms with van der Waals surface area (Å²) < 4.78 is 0. The molecule has 5 aliphatic rings. The second kappa shape index (κ2) is 11.9. The van der Waals surface area contributed by atoms with Gasteiger partial charge in [-0.15, -0.1) is 0 Å². The van der Waals surface area contributed by atoms with Crippen molar-refractivity contribution in [1.82, 2.24) is 20.4 Å². The topological polar surface area (TPSA) is 64.7 Å². The maximum atomic E-state index is 14.7. The molecule has 2 aromatic carbocycles. The van der Waals surface area contributed by atoms with E-state index in [4.69, 9.17) is 0 Å². The minimum Gasteiger partial charge on any atom is -0.350 e. The van der Waals surface area contributed by atoms with Crippen LogP contribution in [0.4, 0.5) is 4.79 Å². The highest BCUT2D eigenvalue weighted by molar-refractivity contribution is 5.93. The average Bonchev–Trinajstić information content (AvgIpc) is 3.26. The van der Waals surface area contributed by atoms with Crippen LogP contribution in [0.3, 0.4) is 0 Å². The molecule has 3 amide bonds. The third kappa shape index (κ3) is 5.04. The van der Waals surface area contributed by atoms with Gasteiger partial charge in [-0.25, -0.2) is 4.79 Å². The minimum absolute atomic E-state index is 0.0373. The Kier molecular flexibility index (Phi) is 8.15. The summed E-state index contributed by atoms with van der Waals surface area (Å²) in [6.07, 6.45) is 9.41. The molecule has 6 nitrogen and oxygen atoms in total. The molecule has 214 valence electrons. The van der Waals surface area contributed by atoms with Crippen LogP contribution in [-0.4, -0.2) is 59.5 Å². The molecule has 2 saturated carbocycles. The minimum atomic E-state index is -0.838. The van der Waals surface area contributed by atoms with E-state index >= 15 is 0 Å². The Balaban J connectivity index is 1.37. The molecule has 0 radical (unpaired) electrons. The molecule has 5 atom stereocenters. The second-order valence-electron chi connectivity index (χ2n) is 12.8. The van der Waals surface area contributed by atoms with Crippen molar-refractivity contribution in [3.8, 4) is 0 Å². The zero-order valence-electron chi connectivity index (χ0n) is 24.1. The van der Waals surface area contributed by atoms with Gasteiger partial charge < -0.3 is 15.5 Å². The van der Waals surface area contributed by atoms with Gasteiger partial charge in [0.25, 0.3) is 0 Å². The van der Waals surface area contributed by atoms with Crippen molar-refractivity contribution in [2.75, 3.05) is 26.2 Å². The molecule has 6 heteroatoms. The van der Waals surface area contributed by atoms with Gasteiger partial charge in [0.2, 0.25) is 5.91 Å². The van der Waals surface area contributed by atoms with Gasteiger partial charge >= 0.3 is 6.03 Å². The standard InChI is InChI=1S/C34H46N4O2/c1-2-18-35-33(40)38-23-28-20-29-24-37(22-27-16-10-5-11-17-27)31(30(28)19-25-12-6-3-7-13-25)34(29,38)32(39)36-21-26-14-8-4-9-15-26/h3-4,6-9,12-15,27-31H,2,5,10-11,16-24H2,1H3,(H,35,40)(H,36,39)/t28-,29-,30+,31-,34-/m0/s1. The van der Waals surface area contributed by atoms with Crippen molar-refractivity contribution >= 4 is 11.9 Å². The van der Waals surface area contributed by atoms with E-state index in [1.165, 1.54) is 37.7 Å². The summed E-state index contributed by atoms with van der Waals surface area (Å²) in [4.78, 5) is 33.2. The fourth-order valence-electron chi connectivity index (χ4n) is 8.67. The first kappa shape index (κ1) is 27.3. The fraction of sp³-hybridized carbons (Fsp3) is 0.588. The summed E-state index contributed by atoms with van der Waals surface area (Å²) in [5, 5.41) is 6.51. The maximum absolute atomic E-state index is 14.7. The van der Waals surface area contributed by atoms with Gasteiger partial charge in [0.1, 0.15) is 5.54 Å². The normalized spacial score (nSPS) is 29.9. The van der Waals surface area contributed by atoms with Crippen LogP contribution in [0.2, 0.25) is 0 Å². The van der Waals surface area contributed by atoms with E-state index in [0.29, 0.717) is 37.4 Å². The first-order valence-corrected chi connectivity index (χ1v) is 15.8. The summed E-state index contributed by atoms with van der Waals surface area (Å²) in [6.45, 7) is 5.83. The van der Waals surface area contributed by atoms with Gasteiger partial charge in [0.15, 0.2) is 0 Å². The Morgan fingerprint density at radius 1 is 0.900 bits per heavy atom. The number of carbonyl (C=O) groups excluding carboxylic acids is 2. The number of amides is 3. The number of likely N-dealkylation sites (tertiary alicyclic amines) is 1. The Hall–Kier alpha value is -2.86. The Labute approximate surface area is 239 Å². The van der Waals surface area contributed by atoms with Gasteiger partial charge in [-0.1, -0.05) is 86.8 Å². The number of hydrogen-bond acceptors (Lipinski definition) is 3. The van der Waals surface area contributed by atoms with Gasteiger partial charge in [0, 0.05) is 44.7 Å². The molecule has 2 aromatic rings. The van der Waals surface area contributed by atoms with Crippen LogP contribution >= 0.6 is 0 Å². The van der Waals surface area contributed by atoms with Crippen molar-refractivity contribution in [3.05, 3.63) is 71.8 Å². The van der Waals surface area contributed by atoms with E-state index in [1.807, 2.05) is 23.1 Å². The zero-order valence-corrected chi connectivity index (χ0v) is 24.1. The zero-order chi connectivity index (χ0) is 27.5. The predicted molar refractivity (Wildman–Crippen MR) is 159 cm³/mol. The number of carbonyl (C=O) groups is 2. The summed E-state index contributed by atoms with van der Waals surface area (Å²) in [5.41, 5.74) is 1.59. The molecule has 40 heavy (non-hydrogen) atoms. The molecule has 3 aliphatic heterocycles. The van der Waals surface area contributed by atoms with Crippen LogP contribution in [0.25, 0.3) is 0 Å². The number of urea groups is 1. The van der Waals surface area contributed by atoms with Crippen molar-refractivity contribution in [2.45, 2.75) is 76.4 Å². The molecule has 0 spiro atoms. The average molecular weight is 543 g/mol. The molecule has 5 fully saturated rings. The van der Waals surface area contributed by atoms with E-state index in [0.717, 1.165) is 37.9 Å². The van der Waals surface area contributed by atoms with Crippen LogP contribution < -0.4 is 10.6 Å². The molecule has 2 N–H and O–H groups in total. The van der Waals surface area contributed by atoms with E-state index < -0.39 is 5.54 Å². The molecule has 7 rings (SSSR count). The smallest absolute Gasteiger partial charge is 0.318 e. The van der Waals surface area contributed by atoms with Crippen LogP contribution in [0, 0.1) is 23.7 Å². The van der Waals surface area contributed by atoms with Crippen LogP contribution in [-0.2, 0) is 17.8 Å². The van der Waals surface area contributed by atoms with Gasteiger partial charge in [-0.3, -0.25) is 9.69 Å². The number of rotatable bonds is 9. The lowest BCUT2D eigenvalue weighted by atomic mass is 9.57. The number of benzene rings is 2. The third-order valence-corrected chi connectivity index (χ3v) is 10.3. The summed E-state index contributed by atoms with van der Waals surface area (Å²) in [6, 6.07) is 20.9. The number of nitrogens with one attached hydrogen (secondary N) is 2. The number of piperidine rings is 2. The molecule has 0 unspecified atom stereocenters. The summed E-state index contributed by atoms with van der Waals surface area (Å²) in [7, 11) is 0. The van der Waals surface area contributed by atoms with E-state index in [1.54, 1.807) is 0 Å². The van der Waals surface area contributed by atoms with Gasteiger partial charge in [-0.2, -0.15) is 0 Å². The Bertz CT molecular complexity index is 1150. The van der Waals surface area contributed by atoms with E-state index in [-0.39, 0.29) is 23.9 Å². The van der Waals surface area contributed by atoms with E-state index in [2.05, 4.69) is 64.9 Å². The van der Waals surface area contributed by atoms with Crippen LogP contribution in [0.15, 0.2) is 60.7 Å². The maximum Gasteiger partial charge on any atom is 0.318 e. The first-order valence-electron chi connectivity index (χ1n) is 15.8. The van der Waals surface area contributed by atoms with Crippen molar-refractivity contribution in [3.63, 3.8) is 0 Å². The van der Waals surface area contributed by atoms with E-state index in [9.17, 15) is 9.59 Å². The molecular weight excluding hydrogens is 496 g/mol. The SMILES string of the molecule is CCCNC(=O)N1C[C@@H]2C[C@H]3CN(CC4CCCCC4)[C@@H]([C@@H]2Cc2ccccc2)[C@]31C(=O)NCc1ccccc1. The van der Waals surface area contributed by atoms with Crippen molar-refractivity contribution in [1.29, 1.82) is 0 Å². The molecule has 3 saturated heterocycles. The van der Waals surface area contributed by atoms with Crippen LogP contribution in [0.5, 0.6) is 0 Å². The molecule has 3 heterocycles. The summed E-state index contributed by atoms with van der Waals surface area (Å²) in [5.74, 6) is 1.65. The lowest BCUT2D eigenvalue weighted by Gasteiger charge is -2.61. The summed E-state index contributed by atoms with van der Waals surface area (Å²) >= 11 is 0. The largest absolute Gasteiger partial charge is 0.350 e. The first-order chi connectivity index (χ1) is 19.6. The number of nitrogens with zero attached hydrogens (tertiary/aromatic N) is 2. The molecule has 0 aromatic heterocycles. The van der Waals surface area contributed by atoms with Crippen molar-refractivity contribution in [2.24, 2.45) is 23.7 Å². The highest BCUT2D eigenvalue weighted by Crippen LogP contribution is 2.57. The van der Waals surface area contributed by atoms with Gasteiger partial charge in [0.05, 0.1) is 0 Å². The van der Waals surface area contributed by atoms with Gasteiger partial charge in [-0.05, 0) is 61.0 Å². The number of fused-ring (bicyclic) bond motifs is 1. The third-order valence-electron chi connectivity index (χ3n) is 10.3. The molecule has 4 bridgehead atoms. The lowest BCUT2D eigenvalue weighted by Crippen LogP contribution is -2.78. The monoisotopic (exact) mass is 542 g/mol. The van der Waals surface area contributed by atoms with Crippen LogP contribution in [0.1, 0.15) is 63.0 Å². The number of hydrogen-bond donors (Lipinski definition) is 2. The Morgan fingerprint density at radius 2 is 1.60 bits per heavy atom. The lowest BCUT2D eigenvalue weighted by molar-refractivity contribution is -0.153. The highest BCUT2D eigenvalue weighted by atomic mass is 16.2. The highest BCUT2D eigenvalue weighted by Gasteiger charge is 2.72. The quantitative estimate of drug-likeness (QED) is 0.456. The Morgan fingerprint density at radius 3 is 2.30 bits per heavy atom. The molecule has 2 aliphatic carbocycles. The van der Waals surface area contributed by atoms with Crippen molar-refractivity contribution < 1.29 is 9.59 Å². The fourth-order valence-corrected chi connectivity index (χ4v) is 8.67. The molecular formula is C34H46N4O2. The predicted octanol–water partition coefficient (Wildman–Crippen LogP) is 5.24.